The van der Waals surface area contributed by atoms with Gasteiger partial charge in [-0.2, -0.15) is 0 Å². The third kappa shape index (κ3) is 5.16. The number of benzene rings is 1. The zero-order chi connectivity index (χ0) is 19.4. The second-order valence-electron chi connectivity index (χ2n) is 6.52. The minimum absolute atomic E-state index is 0.00866. The maximum absolute atomic E-state index is 12.0. The third-order valence-corrected chi connectivity index (χ3v) is 4.19. The van der Waals surface area contributed by atoms with Crippen LogP contribution in [0.2, 0.25) is 0 Å². The highest BCUT2D eigenvalue weighted by atomic mass is 16.5. The molecule has 2 N–H and O–H groups in total. The molecule has 1 fully saturated rings. The van der Waals surface area contributed by atoms with Crippen molar-refractivity contribution < 1.29 is 23.6 Å². The molecule has 2 aromatic rings. The van der Waals surface area contributed by atoms with Crippen molar-refractivity contribution in [2.45, 2.75) is 39.2 Å². The number of carbonyl (C=O) groups excluding carboxylic acids is 3. The molecule has 0 saturated heterocycles. The molecule has 0 aliphatic heterocycles. The molecule has 3 rings (SSSR count). The Morgan fingerprint density at radius 2 is 2.04 bits per heavy atom. The number of carbonyl (C=O) groups is 3. The minimum Gasteiger partial charge on any atom is -0.455 e. The van der Waals surface area contributed by atoms with Crippen LogP contribution in [0.15, 0.2) is 28.8 Å². The number of hydrogen-bond donors (Lipinski definition) is 2. The van der Waals surface area contributed by atoms with E-state index in [1.54, 1.807) is 38.1 Å². The first-order valence-electron chi connectivity index (χ1n) is 8.70. The van der Waals surface area contributed by atoms with Crippen molar-refractivity contribution in [2.24, 2.45) is 0 Å². The molecular weight excluding hydrogens is 350 g/mol. The van der Waals surface area contributed by atoms with E-state index in [0.717, 1.165) is 12.8 Å². The highest BCUT2D eigenvalue weighted by molar-refractivity contribution is 5.98. The Labute approximate surface area is 156 Å². The molecule has 0 spiro atoms. The van der Waals surface area contributed by atoms with Gasteiger partial charge < -0.3 is 19.9 Å². The van der Waals surface area contributed by atoms with Crippen molar-refractivity contribution in [2.75, 3.05) is 11.9 Å². The van der Waals surface area contributed by atoms with Gasteiger partial charge in [-0.1, -0.05) is 11.2 Å². The van der Waals surface area contributed by atoms with Gasteiger partial charge in [0, 0.05) is 22.9 Å². The number of rotatable bonds is 7. The van der Waals surface area contributed by atoms with Crippen molar-refractivity contribution in [3.8, 4) is 0 Å². The first-order valence-corrected chi connectivity index (χ1v) is 8.70. The number of esters is 1. The Morgan fingerprint density at radius 1 is 1.26 bits per heavy atom. The van der Waals surface area contributed by atoms with Gasteiger partial charge in [0.15, 0.2) is 6.61 Å². The van der Waals surface area contributed by atoms with Gasteiger partial charge in [-0.05, 0) is 44.9 Å². The summed E-state index contributed by atoms with van der Waals surface area (Å²) in [4.78, 5) is 36.0. The summed E-state index contributed by atoms with van der Waals surface area (Å²) in [6.07, 6.45) is 1.99. The molecule has 8 heteroatoms. The average molecular weight is 371 g/mol. The van der Waals surface area contributed by atoms with Gasteiger partial charge >= 0.3 is 5.97 Å². The maximum Gasteiger partial charge on any atom is 0.310 e. The molecule has 1 aliphatic rings. The summed E-state index contributed by atoms with van der Waals surface area (Å²) < 4.78 is 9.99. The SMILES string of the molecule is Cc1noc(C)c1CC(=O)OCC(=O)Nc1cccc(C(=O)NC2CC2)c1. The predicted octanol–water partition coefficient (Wildman–Crippen LogP) is 1.91. The second kappa shape index (κ2) is 8.03. The summed E-state index contributed by atoms with van der Waals surface area (Å²) in [5.41, 5.74) is 2.21. The lowest BCUT2D eigenvalue weighted by molar-refractivity contribution is -0.146. The van der Waals surface area contributed by atoms with E-state index in [9.17, 15) is 14.4 Å². The summed E-state index contributed by atoms with van der Waals surface area (Å²) in [6, 6.07) is 6.87. The number of nitrogens with zero attached hydrogens (tertiary/aromatic N) is 1. The van der Waals surface area contributed by atoms with Crippen LogP contribution in [-0.2, 0) is 20.7 Å². The highest BCUT2D eigenvalue weighted by Gasteiger charge is 2.23. The van der Waals surface area contributed by atoms with E-state index in [2.05, 4.69) is 15.8 Å². The summed E-state index contributed by atoms with van der Waals surface area (Å²) >= 11 is 0. The number of ether oxygens (including phenoxy) is 1. The van der Waals surface area contributed by atoms with E-state index in [0.29, 0.717) is 28.3 Å². The van der Waals surface area contributed by atoms with Crippen LogP contribution in [-0.4, -0.2) is 35.6 Å². The molecule has 1 aromatic heterocycles. The molecule has 0 bridgehead atoms. The second-order valence-corrected chi connectivity index (χ2v) is 6.52. The smallest absolute Gasteiger partial charge is 0.310 e. The molecule has 8 nitrogen and oxygen atoms in total. The number of anilines is 1. The molecule has 0 radical (unpaired) electrons. The van der Waals surface area contributed by atoms with E-state index in [1.165, 1.54) is 0 Å². The molecule has 27 heavy (non-hydrogen) atoms. The Morgan fingerprint density at radius 3 is 2.70 bits per heavy atom. The molecule has 1 heterocycles. The lowest BCUT2D eigenvalue weighted by Gasteiger charge is -2.08. The number of hydrogen-bond acceptors (Lipinski definition) is 6. The van der Waals surface area contributed by atoms with Gasteiger partial charge in [-0.15, -0.1) is 0 Å². The lowest BCUT2D eigenvalue weighted by atomic mass is 10.1. The Kier molecular flexibility index (Phi) is 5.54. The fourth-order valence-corrected chi connectivity index (χ4v) is 2.53. The first kappa shape index (κ1) is 18.6. The Hall–Kier alpha value is -3.16. The Balaban J connectivity index is 1.49. The standard InChI is InChI=1S/C19H21N3O5/c1-11-16(12(2)27-22-11)9-18(24)26-10-17(23)20-15-5-3-4-13(8-15)19(25)21-14-6-7-14/h3-5,8,14H,6-7,9-10H2,1-2H3,(H,20,23)(H,21,25). The number of aryl methyl sites for hydroxylation is 2. The molecule has 1 saturated carbocycles. The largest absolute Gasteiger partial charge is 0.455 e. The molecule has 142 valence electrons. The average Bonchev–Trinajstić information content (AvgIpc) is 3.40. The van der Waals surface area contributed by atoms with Crippen molar-refractivity contribution in [3.63, 3.8) is 0 Å². The summed E-state index contributed by atoms with van der Waals surface area (Å²) in [7, 11) is 0. The predicted molar refractivity (Wildman–Crippen MR) is 96.2 cm³/mol. The van der Waals surface area contributed by atoms with Crippen LogP contribution in [0.4, 0.5) is 5.69 Å². The molecule has 0 atom stereocenters. The number of amides is 2. The van der Waals surface area contributed by atoms with E-state index < -0.39 is 18.5 Å². The summed E-state index contributed by atoms with van der Waals surface area (Å²) in [5, 5.41) is 9.27. The molecule has 2 amide bonds. The molecule has 1 aliphatic carbocycles. The maximum atomic E-state index is 12.0. The van der Waals surface area contributed by atoms with Crippen LogP contribution >= 0.6 is 0 Å². The summed E-state index contributed by atoms with van der Waals surface area (Å²) in [5.74, 6) is -0.645. The fraction of sp³-hybridized carbons (Fsp3) is 0.368. The minimum atomic E-state index is -0.544. The molecule has 1 aromatic carbocycles. The lowest BCUT2D eigenvalue weighted by Crippen LogP contribution is -2.25. The van der Waals surface area contributed by atoms with Crippen LogP contribution in [0.1, 0.15) is 40.2 Å². The molecular formula is C19H21N3O5. The monoisotopic (exact) mass is 371 g/mol. The first-order chi connectivity index (χ1) is 12.9. The van der Waals surface area contributed by atoms with Gasteiger partial charge in [0.2, 0.25) is 0 Å². The van der Waals surface area contributed by atoms with Crippen LogP contribution in [0.5, 0.6) is 0 Å². The zero-order valence-corrected chi connectivity index (χ0v) is 15.2. The zero-order valence-electron chi connectivity index (χ0n) is 15.2. The van der Waals surface area contributed by atoms with Crippen LogP contribution in [0, 0.1) is 13.8 Å². The Bertz CT molecular complexity index is 850. The van der Waals surface area contributed by atoms with E-state index >= 15 is 0 Å². The van der Waals surface area contributed by atoms with Crippen LogP contribution in [0.3, 0.4) is 0 Å². The van der Waals surface area contributed by atoms with Crippen molar-refractivity contribution in [3.05, 3.63) is 46.8 Å². The van der Waals surface area contributed by atoms with Crippen LogP contribution < -0.4 is 10.6 Å². The summed E-state index contributed by atoms with van der Waals surface area (Å²) in [6.45, 7) is 3.03. The van der Waals surface area contributed by atoms with Gasteiger partial charge in [-0.25, -0.2) is 0 Å². The molecule has 0 unspecified atom stereocenters. The normalized spacial score (nSPS) is 13.1. The number of aromatic nitrogens is 1. The van der Waals surface area contributed by atoms with Gasteiger partial charge in [0.05, 0.1) is 12.1 Å². The van der Waals surface area contributed by atoms with E-state index in [-0.39, 0.29) is 18.4 Å². The van der Waals surface area contributed by atoms with E-state index in [4.69, 9.17) is 9.26 Å². The van der Waals surface area contributed by atoms with Crippen LogP contribution in [0.25, 0.3) is 0 Å². The van der Waals surface area contributed by atoms with Crippen molar-refractivity contribution in [1.29, 1.82) is 0 Å². The third-order valence-electron chi connectivity index (χ3n) is 4.19. The topological polar surface area (TPSA) is 111 Å². The van der Waals surface area contributed by atoms with Gasteiger partial charge in [0.1, 0.15) is 5.76 Å². The highest BCUT2D eigenvalue weighted by Crippen LogP contribution is 2.20. The fourth-order valence-electron chi connectivity index (χ4n) is 2.53. The van der Waals surface area contributed by atoms with E-state index in [1.807, 2.05) is 0 Å². The number of nitrogens with one attached hydrogen (secondary N) is 2. The quantitative estimate of drug-likeness (QED) is 0.719. The van der Waals surface area contributed by atoms with Gasteiger partial charge in [-0.3, -0.25) is 14.4 Å². The van der Waals surface area contributed by atoms with Gasteiger partial charge in [0.25, 0.3) is 11.8 Å². The van der Waals surface area contributed by atoms with Crippen molar-refractivity contribution in [1.82, 2.24) is 10.5 Å². The van der Waals surface area contributed by atoms with Crippen molar-refractivity contribution >= 4 is 23.5 Å².